The Labute approximate surface area is 129 Å². The van der Waals surface area contributed by atoms with E-state index < -0.39 is 6.29 Å². The normalized spacial score (nSPS) is 27.3. The number of nitrogens with zero attached hydrogens (tertiary/aromatic N) is 4. The molecule has 2 bridgehead atoms. The van der Waals surface area contributed by atoms with Crippen molar-refractivity contribution in [2.75, 3.05) is 6.61 Å². The van der Waals surface area contributed by atoms with Gasteiger partial charge in [-0.2, -0.15) is 4.68 Å². The maximum absolute atomic E-state index is 11.9. The number of tetrazole rings is 1. The standard InChI is InChI=1S/C13H12N4O4S/c18-8-3-1-2-7(4-8)16-13(22)17(15-14-16)9-5-10(19)12-20-6-11(9)21-12/h1-4,9,11-12,18H,5-6H2/t9-,11-,12+/m1/s1. The van der Waals surface area contributed by atoms with Gasteiger partial charge >= 0.3 is 0 Å². The molecule has 3 heterocycles. The van der Waals surface area contributed by atoms with Crippen LogP contribution in [0.3, 0.4) is 0 Å². The van der Waals surface area contributed by atoms with Gasteiger partial charge in [0.15, 0.2) is 5.78 Å². The minimum atomic E-state index is -0.753. The Morgan fingerprint density at radius 2 is 2.23 bits per heavy atom. The molecule has 2 fully saturated rings. The highest BCUT2D eigenvalue weighted by Crippen LogP contribution is 2.32. The zero-order valence-corrected chi connectivity index (χ0v) is 12.1. The average Bonchev–Trinajstić information content (AvgIpc) is 3.09. The lowest BCUT2D eigenvalue weighted by Gasteiger charge is -2.25. The number of phenolic OH excluding ortho intramolecular Hbond substituents is 1. The Bertz CT molecular complexity index is 801. The number of carbonyl (C=O) groups excluding carboxylic acids is 1. The molecule has 0 radical (unpaired) electrons. The van der Waals surface area contributed by atoms with Crippen LogP contribution in [-0.4, -0.2) is 49.7 Å². The zero-order chi connectivity index (χ0) is 15.3. The van der Waals surface area contributed by atoms with Crippen LogP contribution in [0.5, 0.6) is 5.75 Å². The van der Waals surface area contributed by atoms with Crippen LogP contribution in [0, 0.1) is 4.77 Å². The molecule has 0 unspecified atom stereocenters. The summed E-state index contributed by atoms with van der Waals surface area (Å²) in [6.45, 7) is 0.335. The van der Waals surface area contributed by atoms with Gasteiger partial charge in [-0.15, -0.1) is 0 Å². The lowest BCUT2D eigenvalue weighted by atomic mass is 10.0. The Morgan fingerprint density at radius 3 is 3.05 bits per heavy atom. The molecule has 114 valence electrons. The molecule has 0 amide bonds. The number of rotatable bonds is 2. The molecule has 8 nitrogen and oxygen atoms in total. The summed E-state index contributed by atoms with van der Waals surface area (Å²) in [4.78, 5) is 11.9. The van der Waals surface area contributed by atoms with Crippen LogP contribution in [0.15, 0.2) is 24.3 Å². The van der Waals surface area contributed by atoms with E-state index in [2.05, 4.69) is 10.4 Å². The highest BCUT2D eigenvalue weighted by molar-refractivity contribution is 7.71. The number of hydrogen-bond donors (Lipinski definition) is 1. The molecule has 0 saturated carbocycles. The molecular formula is C13H12N4O4S. The second-order valence-corrected chi connectivity index (χ2v) is 5.58. The largest absolute Gasteiger partial charge is 0.508 e. The summed E-state index contributed by atoms with van der Waals surface area (Å²) in [5.41, 5.74) is 0.597. The lowest BCUT2D eigenvalue weighted by molar-refractivity contribution is -0.156. The summed E-state index contributed by atoms with van der Waals surface area (Å²) >= 11 is 5.40. The molecular weight excluding hydrogens is 308 g/mol. The van der Waals surface area contributed by atoms with Crippen LogP contribution in [0.2, 0.25) is 0 Å². The van der Waals surface area contributed by atoms with E-state index in [-0.39, 0.29) is 30.1 Å². The van der Waals surface area contributed by atoms with Crippen molar-refractivity contribution in [2.45, 2.75) is 24.9 Å². The van der Waals surface area contributed by atoms with E-state index >= 15 is 0 Å². The maximum Gasteiger partial charge on any atom is 0.221 e. The van der Waals surface area contributed by atoms with Gasteiger partial charge < -0.3 is 14.6 Å². The number of phenols is 1. The number of ether oxygens (including phenoxy) is 2. The van der Waals surface area contributed by atoms with Gasteiger partial charge in [0.05, 0.1) is 18.3 Å². The predicted molar refractivity (Wildman–Crippen MR) is 75.1 cm³/mol. The Kier molecular flexibility index (Phi) is 3.06. The first-order valence-electron chi connectivity index (χ1n) is 6.77. The molecule has 2 aliphatic rings. The molecule has 3 atom stereocenters. The number of aromatic nitrogens is 4. The number of benzene rings is 1. The van der Waals surface area contributed by atoms with E-state index in [4.69, 9.17) is 21.7 Å². The van der Waals surface area contributed by atoms with Crippen molar-refractivity contribution in [1.82, 2.24) is 19.8 Å². The van der Waals surface area contributed by atoms with E-state index in [1.54, 1.807) is 18.2 Å². The third-order valence-electron chi connectivity index (χ3n) is 3.80. The number of aromatic hydroxyl groups is 1. The number of Topliss-reactive ketones (excluding diaryl/α,β-unsaturated/α-hetero) is 1. The van der Waals surface area contributed by atoms with Crippen LogP contribution in [0.4, 0.5) is 0 Å². The molecule has 9 heteroatoms. The lowest BCUT2D eigenvalue weighted by Crippen LogP contribution is -2.37. The Hall–Kier alpha value is -2.10. The second-order valence-electron chi connectivity index (χ2n) is 5.22. The van der Waals surface area contributed by atoms with Gasteiger partial charge in [0.1, 0.15) is 11.9 Å². The molecule has 22 heavy (non-hydrogen) atoms. The van der Waals surface area contributed by atoms with Crippen LogP contribution >= 0.6 is 12.2 Å². The van der Waals surface area contributed by atoms with Gasteiger partial charge in [-0.1, -0.05) is 6.07 Å². The van der Waals surface area contributed by atoms with Gasteiger partial charge in [-0.05, 0) is 34.8 Å². The molecule has 2 aliphatic heterocycles. The first-order chi connectivity index (χ1) is 10.6. The zero-order valence-electron chi connectivity index (χ0n) is 11.3. The third kappa shape index (κ3) is 2.05. The predicted octanol–water partition coefficient (Wildman–Crippen LogP) is 0.759. The van der Waals surface area contributed by atoms with Crippen molar-refractivity contribution in [3.05, 3.63) is 29.0 Å². The van der Waals surface area contributed by atoms with E-state index in [9.17, 15) is 9.90 Å². The second kappa shape index (κ2) is 4.97. The number of ketones is 1. The quantitative estimate of drug-likeness (QED) is 0.817. The molecule has 0 aliphatic carbocycles. The summed E-state index contributed by atoms with van der Waals surface area (Å²) in [5.74, 6) is -0.00952. The van der Waals surface area contributed by atoms with E-state index in [0.717, 1.165) is 0 Å². The maximum atomic E-state index is 11.9. The molecule has 1 aromatic heterocycles. The minimum Gasteiger partial charge on any atom is -0.508 e. The molecule has 2 aromatic rings. The number of carbonyl (C=O) groups is 1. The van der Waals surface area contributed by atoms with Crippen LogP contribution in [0.1, 0.15) is 12.5 Å². The van der Waals surface area contributed by atoms with Crippen molar-refractivity contribution in [1.29, 1.82) is 0 Å². The van der Waals surface area contributed by atoms with E-state index in [1.807, 2.05) is 0 Å². The Morgan fingerprint density at radius 1 is 1.36 bits per heavy atom. The molecule has 0 spiro atoms. The first kappa shape index (κ1) is 13.6. The molecule has 1 N–H and O–H groups in total. The molecule has 1 aromatic carbocycles. The highest BCUT2D eigenvalue weighted by atomic mass is 32.1. The summed E-state index contributed by atoms with van der Waals surface area (Å²) in [7, 11) is 0. The van der Waals surface area contributed by atoms with Gasteiger partial charge in [-0.25, -0.2) is 4.68 Å². The first-order valence-corrected chi connectivity index (χ1v) is 7.18. The van der Waals surface area contributed by atoms with Crippen LogP contribution in [-0.2, 0) is 14.3 Å². The fourth-order valence-corrected chi connectivity index (χ4v) is 3.03. The SMILES string of the molecule is O=C1C[C@@H](n2nnn(-c3cccc(O)c3)c2=S)[C@H]2CO[C@H]1O2. The van der Waals surface area contributed by atoms with Gasteiger partial charge in [0, 0.05) is 12.5 Å². The summed E-state index contributed by atoms with van der Waals surface area (Å²) in [6, 6.07) is 6.21. The summed E-state index contributed by atoms with van der Waals surface area (Å²) in [6.07, 6.45) is -0.761. The van der Waals surface area contributed by atoms with Crippen molar-refractivity contribution in [3.63, 3.8) is 0 Å². The fraction of sp³-hybridized carbons (Fsp3) is 0.385. The average molecular weight is 320 g/mol. The smallest absolute Gasteiger partial charge is 0.221 e. The number of hydrogen-bond acceptors (Lipinski definition) is 7. The molecule has 2 saturated heterocycles. The number of fused-ring (bicyclic) bond motifs is 2. The Balaban J connectivity index is 1.73. The third-order valence-corrected chi connectivity index (χ3v) is 4.16. The van der Waals surface area contributed by atoms with Gasteiger partial charge in [0.2, 0.25) is 11.1 Å². The van der Waals surface area contributed by atoms with Crippen LogP contribution in [0.25, 0.3) is 5.69 Å². The van der Waals surface area contributed by atoms with Crippen molar-refractivity contribution < 1.29 is 19.4 Å². The van der Waals surface area contributed by atoms with Crippen LogP contribution < -0.4 is 0 Å². The summed E-state index contributed by atoms with van der Waals surface area (Å²) < 4.78 is 14.1. The fourth-order valence-electron chi connectivity index (χ4n) is 2.72. The van der Waals surface area contributed by atoms with Crippen molar-refractivity contribution in [2.24, 2.45) is 0 Å². The minimum absolute atomic E-state index is 0.108. The molecule has 4 rings (SSSR count). The van der Waals surface area contributed by atoms with Gasteiger partial charge in [0.25, 0.3) is 0 Å². The van der Waals surface area contributed by atoms with E-state index in [0.29, 0.717) is 17.1 Å². The van der Waals surface area contributed by atoms with E-state index in [1.165, 1.54) is 15.4 Å². The van der Waals surface area contributed by atoms with Crippen molar-refractivity contribution in [3.8, 4) is 11.4 Å². The summed E-state index contributed by atoms with van der Waals surface area (Å²) in [5, 5.41) is 17.6. The highest BCUT2D eigenvalue weighted by Gasteiger charge is 2.45. The topological polar surface area (TPSA) is 91.4 Å². The van der Waals surface area contributed by atoms with Gasteiger partial charge in [-0.3, -0.25) is 4.79 Å². The van der Waals surface area contributed by atoms with Crippen molar-refractivity contribution >= 4 is 18.0 Å². The monoisotopic (exact) mass is 320 g/mol.